The first-order valence-corrected chi connectivity index (χ1v) is 9.33. The van der Waals surface area contributed by atoms with Gasteiger partial charge in [-0.15, -0.1) is 0 Å². The third-order valence-electron chi connectivity index (χ3n) is 5.38. The van der Waals surface area contributed by atoms with Crippen molar-refractivity contribution in [1.82, 2.24) is 10.2 Å². The lowest BCUT2D eigenvalue weighted by Gasteiger charge is -2.34. The SMILES string of the molecule is CCC1CCC2(CC1)NC(=O)N(CC(=O)Oc1cc(C)ccc1Cl)C2=O. The highest BCUT2D eigenvalue weighted by Gasteiger charge is 2.52. The first kappa shape index (κ1) is 18.7. The van der Waals surface area contributed by atoms with Crippen LogP contribution in [0.5, 0.6) is 5.75 Å². The molecule has 3 rings (SSSR count). The van der Waals surface area contributed by atoms with Crippen LogP contribution in [0.3, 0.4) is 0 Å². The summed E-state index contributed by atoms with van der Waals surface area (Å²) < 4.78 is 5.25. The third kappa shape index (κ3) is 3.56. The molecular formula is C19H23ClN2O4. The number of nitrogens with zero attached hydrogens (tertiary/aromatic N) is 1. The number of carbonyl (C=O) groups is 3. The molecule has 0 aromatic heterocycles. The fourth-order valence-corrected chi connectivity index (χ4v) is 3.87. The van der Waals surface area contributed by atoms with Crippen LogP contribution >= 0.6 is 11.6 Å². The van der Waals surface area contributed by atoms with Crippen LogP contribution in [0.4, 0.5) is 4.79 Å². The Bertz CT molecular complexity index is 741. The van der Waals surface area contributed by atoms with Gasteiger partial charge in [-0.25, -0.2) is 9.59 Å². The van der Waals surface area contributed by atoms with Crippen LogP contribution in [0.1, 0.15) is 44.6 Å². The Morgan fingerprint density at radius 3 is 2.69 bits per heavy atom. The molecule has 2 aliphatic rings. The van der Waals surface area contributed by atoms with E-state index in [0.29, 0.717) is 23.8 Å². The summed E-state index contributed by atoms with van der Waals surface area (Å²) in [5.74, 6) is -0.209. The number of imide groups is 1. The molecule has 1 heterocycles. The number of aryl methyl sites for hydroxylation is 1. The normalized spacial score (nSPS) is 25.5. The lowest BCUT2D eigenvalue weighted by Crippen LogP contribution is -2.49. The molecule has 0 unspecified atom stereocenters. The third-order valence-corrected chi connectivity index (χ3v) is 5.69. The summed E-state index contributed by atoms with van der Waals surface area (Å²) in [7, 11) is 0. The molecule has 140 valence electrons. The molecule has 1 saturated heterocycles. The van der Waals surface area contributed by atoms with E-state index in [1.165, 1.54) is 0 Å². The zero-order chi connectivity index (χ0) is 18.9. The number of benzene rings is 1. The molecule has 6 nitrogen and oxygen atoms in total. The summed E-state index contributed by atoms with van der Waals surface area (Å²) in [6, 6.07) is 4.54. The molecule has 1 N–H and O–H groups in total. The largest absolute Gasteiger partial charge is 0.424 e. The van der Waals surface area contributed by atoms with Gasteiger partial charge in [0, 0.05) is 0 Å². The average molecular weight is 379 g/mol. The van der Waals surface area contributed by atoms with E-state index in [1.54, 1.807) is 18.2 Å². The van der Waals surface area contributed by atoms with Crippen LogP contribution in [-0.4, -0.2) is 34.9 Å². The van der Waals surface area contributed by atoms with Crippen molar-refractivity contribution in [3.8, 4) is 5.75 Å². The van der Waals surface area contributed by atoms with Gasteiger partial charge in [-0.05, 0) is 56.2 Å². The number of hydrogen-bond donors (Lipinski definition) is 1. The lowest BCUT2D eigenvalue weighted by atomic mass is 9.75. The molecule has 0 atom stereocenters. The fraction of sp³-hybridized carbons (Fsp3) is 0.526. The zero-order valence-corrected chi connectivity index (χ0v) is 15.8. The van der Waals surface area contributed by atoms with Crippen LogP contribution < -0.4 is 10.1 Å². The van der Waals surface area contributed by atoms with E-state index in [2.05, 4.69) is 12.2 Å². The van der Waals surface area contributed by atoms with Crippen molar-refractivity contribution in [3.05, 3.63) is 28.8 Å². The second-order valence-electron chi connectivity index (χ2n) is 7.16. The monoisotopic (exact) mass is 378 g/mol. The molecule has 3 amide bonds. The average Bonchev–Trinajstić information content (AvgIpc) is 2.83. The van der Waals surface area contributed by atoms with Gasteiger partial charge < -0.3 is 10.1 Å². The topological polar surface area (TPSA) is 75.7 Å². The molecule has 1 saturated carbocycles. The van der Waals surface area contributed by atoms with Crippen molar-refractivity contribution in [2.24, 2.45) is 5.92 Å². The van der Waals surface area contributed by atoms with Gasteiger partial charge >= 0.3 is 12.0 Å². The highest BCUT2D eigenvalue weighted by Crippen LogP contribution is 2.37. The number of urea groups is 1. The molecule has 0 bridgehead atoms. The predicted molar refractivity (Wildman–Crippen MR) is 97.0 cm³/mol. The van der Waals surface area contributed by atoms with Gasteiger partial charge in [-0.1, -0.05) is 31.0 Å². The minimum absolute atomic E-state index is 0.224. The molecule has 1 aromatic carbocycles. The van der Waals surface area contributed by atoms with Crippen LogP contribution in [0.25, 0.3) is 0 Å². The quantitative estimate of drug-likeness (QED) is 0.494. The van der Waals surface area contributed by atoms with E-state index in [-0.39, 0.29) is 11.7 Å². The van der Waals surface area contributed by atoms with Crippen molar-refractivity contribution in [3.63, 3.8) is 0 Å². The molecule has 7 heteroatoms. The molecule has 1 aliphatic carbocycles. The smallest absolute Gasteiger partial charge is 0.331 e. The van der Waals surface area contributed by atoms with E-state index in [0.717, 1.165) is 29.7 Å². The van der Waals surface area contributed by atoms with Crippen molar-refractivity contribution in [2.45, 2.75) is 51.5 Å². The molecule has 26 heavy (non-hydrogen) atoms. The summed E-state index contributed by atoms with van der Waals surface area (Å²) in [5, 5.41) is 3.11. The van der Waals surface area contributed by atoms with Gasteiger partial charge in [0.25, 0.3) is 5.91 Å². The second kappa shape index (κ2) is 7.27. The van der Waals surface area contributed by atoms with Gasteiger partial charge in [-0.2, -0.15) is 0 Å². The number of hydrogen-bond acceptors (Lipinski definition) is 4. The highest BCUT2D eigenvalue weighted by molar-refractivity contribution is 6.32. The number of ether oxygens (including phenoxy) is 1. The van der Waals surface area contributed by atoms with Gasteiger partial charge in [-0.3, -0.25) is 9.69 Å². The Kier molecular flexibility index (Phi) is 5.23. The predicted octanol–water partition coefficient (Wildman–Crippen LogP) is 3.44. The van der Waals surface area contributed by atoms with E-state index in [1.807, 2.05) is 6.92 Å². The Labute approximate surface area is 157 Å². The van der Waals surface area contributed by atoms with Gasteiger partial charge in [0.1, 0.15) is 17.8 Å². The Morgan fingerprint density at radius 1 is 1.35 bits per heavy atom. The van der Waals surface area contributed by atoms with Crippen molar-refractivity contribution in [1.29, 1.82) is 0 Å². The second-order valence-corrected chi connectivity index (χ2v) is 7.57. The fourth-order valence-electron chi connectivity index (χ4n) is 3.71. The number of nitrogens with one attached hydrogen (secondary N) is 1. The van der Waals surface area contributed by atoms with Crippen molar-refractivity contribution >= 4 is 29.5 Å². The van der Waals surface area contributed by atoms with E-state index in [4.69, 9.17) is 16.3 Å². The zero-order valence-electron chi connectivity index (χ0n) is 15.0. The van der Waals surface area contributed by atoms with Crippen LogP contribution in [-0.2, 0) is 9.59 Å². The van der Waals surface area contributed by atoms with E-state index >= 15 is 0 Å². The van der Waals surface area contributed by atoms with Crippen LogP contribution in [0.15, 0.2) is 18.2 Å². The summed E-state index contributed by atoms with van der Waals surface area (Å²) in [6.45, 7) is 3.56. The number of esters is 1. The standard InChI is InChI=1S/C19H23ClN2O4/c1-3-13-6-8-19(9-7-13)17(24)22(18(25)21-19)11-16(23)26-15-10-12(2)4-5-14(15)20/h4-5,10,13H,3,6-9,11H2,1-2H3,(H,21,25). The minimum atomic E-state index is -0.857. The number of rotatable bonds is 4. The summed E-state index contributed by atoms with van der Waals surface area (Å²) in [4.78, 5) is 38.3. The number of halogens is 1. The molecular weight excluding hydrogens is 356 g/mol. The Hall–Kier alpha value is -2.08. The molecule has 2 fully saturated rings. The molecule has 0 radical (unpaired) electrons. The molecule has 1 aliphatic heterocycles. The molecule has 1 aromatic rings. The maximum Gasteiger partial charge on any atom is 0.331 e. The summed E-state index contributed by atoms with van der Waals surface area (Å²) >= 11 is 6.02. The van der Waals surface area contributed by atoms with Gasteiger partial charge in [0.05, 0.1) is 5.02 Å². The lowest BCUT2D eigenvalue weighted by molar-refractivity contribution is -0.141. The number of carbonyl (C=O) groups excluding carboxylic acids is 3. The summed E-state index contributed by atoms with van der Waals surface area (Å²) in [6.07, 6.45) is 4.11. The Balaban J connectivity index is 1.66. The minimum Gasteiger partial charge on any atom is -0.424 e. The first-order chi connectivity index (χ1) is 12.3. The number of amides is 3. The van der Waals surface area contributed by atoms with Crippen LogP contribution in [0, 0.1) is 12.8 Å². The maximum atomic E-state index is 12.8. The van der Waals surface area contributed by atoms with E-state index in [9.17, 15) is 14.4 Å². The Morgan fingerprint density at radius 2 is 2.04 bits per heavy atom. The summed E-state index contributed by atoms with van der Waals surface area (Å²) in [5.41, 5.74) is 0.0307. The van der Waals surface area contributed by atoms with Gasteiger partial charge in [0.15, 0.2) is 0 Å². The van der Waals surface area contributed by atoms with Crippen molar-refractivity contribution in [2.75, 3.05) is 6.54 Å². The first-order valence-electron chi connectivity index (χ1n) is 8.95. The van der Waals surface area contributed by atoms with E-state index < -0.39 is 24.1 Å². The van der Waals surface area contributed by atoms with Gasteiger partial charge in [0.2, 0.25) is 0 Å². The van der Waals surface area contributed by atoms with Crippen molar-refractivity contribution < 1.29 is 19.1 Å². The van der Waals surface area contributed by atoms with Crippen LogP contribution in [0.2, 0.25) is 5.02 Å². The highest BCUT2D eigenvalue weighted by atomic mass is 35.5. The molecule has 1 spiro atoms. The maximum absolute atomic E-state index is 12.8.